The predicted octanol–water partition coefficient (Wildman–Crippen LogP) is 5.56. The smallest absolute Gasteiger partial charge is 0.119 e. The molecule has 140 valence electrons. The van der Waals surface area contributed by atoms with Crippen LogP contribution in [0.1, 0.15) is 91.9 Å². The van der Waals surface area contributed by atoms with Crippen LogP contribution in [0, 0.1) is 23.7 Å². The molecule has 0 amide bonds. The minimum absolute atomic E-state index is 0.0514. The van der Waals surface area contributed by atoms with E-state index in [0.29, 0.717) is 22.7 Å². The van der Waals surface area contributed by atoms with E-state index in [4.69, 9.17) is 0 Å². The first-order valence-electron chi connectivity index (χ1n) is 10.8. The molecule has 1 N–H and O–H groups in total. The predicted molar refractivity (Wildman–Crippen MR) is 108 cm³/mol. The second-order valence-corrected chi connectivity index (χ2v) is 12.5. The number of hydrogen-bond donors (Lipinski definition) is 1. The molecule has 0 aromatic carbocycles. The Hall–Kier alpha value is 0.310. The lowest BCUT2D eigenvalue weighted by molar-refractivity contribution is 0.0351. The molecule has 0 radical (unpaired) electrons. The van der Waals surface area contributed by atoms with Crippen LogP contribution < -0.4 is 0 Å². The Balaban J connectivity index is 1.74. The Bertz CT molecular complexity index is 347. The summed E-state index contributed by atoms with van der Waals surface area (Å²) in [7, 11) is 0.619. The van der Waals surface area contributed by atoms with Gasteiger partial charge in [-0.25, -0.2) is 0 Å². The third-order valence-corrected chi connectivity index (χ3v) is 11.2. The van der Waals surface area contributed by atoms with E-state index < -0.39 is 0 Å². The maximum absolute atomic E-state index is 10.4. The molecule has 2 unspecified atom stereocenters. The molecule has 24 heavy (non-hydrogen) atoms. The minimum Gasteiger partial charge on any atom is -0.393 e. The van der Waals surface area contributed by atoms with Gasteiger partial charge in [0.1, 0.15) is 15.7 Å². The summed E-state index contributed by atoms with van der Waals surface area (Å²) >= 11 is 0. The van der Waals surface area contributed by atoms with Crippen LogP contribution in [0.5, 0.6) is 0 Å². The standard InChI is InChI=1S/C22H41OS/c1-15-5-9-19(10-6-15)24(20-11-7-16(2)8-12-20)21-13-17(3)22(23)18(4)14-21/h15-23H,5-14H2,1-4H3/q+1. The van der Waals surface area contributed by atoms with Crippen molar-refractivity contribution in [1.82, 2.24) is 0 Å². The summed E-state index contributed by atoms with van der Waals surface area (Å²) in [6.45, 7) is 9.52. The van der Waals surface area contributed by atoms with Crippen LogP contribution in [0.4, 0.5) is 0 Å². The third kappa shape index (κ3) is 4.34. The highest BCUT2D eigenvalue weighted by atomic mass is 32.2. The maximum atomic E-state index is 10.4. The Labute approximate surface area is 153 Å². The molecule has 0 spiro atoms. The molecule has 0 aromatic heterocycles. The zero-order valence-corrected chi connectivity index (χ0v) is 17.4. The average molecular weight is 354 g/mol. The fourth-order valence-corrected chi connectivity index (χ4v) is 10.1. The molecule has 0 aliphatic heterocycles. The molecule has 3 rings (SSSR count). The summed E-state index contributed by atoms with van der Waals surface area (Å²) in [5.74, 6) is 2.95. The largest absolute Gasteiger partial charge is 0.393 e. The van der Waals surface area contributed by atoms with Gasteiger partial charge in [-0.1, -0.05) is 27.7 Å². The summed E-state index contributed by atoms with van der Waals surface area (Å²) in [5, 5.41) is 13.4. The molecular weight excluding hydrogens is 312 g/mol. The lowest BCUT2D eigenvalue weighted by atomic mass is 9.80. The fraction of sp³-hybridized carbons (Fsp3) is 1.00. The van der Waals surface area contributed by atoms with Crippen LogP contribution in [0.25, 0.3) is 0 Å². The van der Waals surface area contributed by atoms with E-state index >= 15 is 0 Å². The van der Waals surface area contributed by atoms with E-state index in [1.54, 1.807) is 0 Å². The van der Waals surface area contributed by atoms with Gasteiger partial charge < -0.3 is 5.11 Å². The molecule has 0 heterocycles. The maximum Gasteiger partial charge on any atom is 0.119 e. The first-order valence-corrected chi connectivity index (χ1v) is 12.3. The number of hydrogen-bond acceptors (Lipinski definition) is 1. The number of rotatable bonds is 3. The quantitative estimate of drug-likeness (QED) is 0.659. The van der Waals surface area contributed by atoms with Crippen molar-refractivity contribution in [3.05, 3.63) is 0 Å². The van der Waals surface area contributed by atoms with Gasteiger partial charge in [0, 0.05) is 0 Å². The van der Waals surface area contributed by atoms with Crippen molar-refractivity contribution in [3.63, 3.8) is 0 Å². The molecule has 0 bridgehead atoms. The highest BCUT2D eigenvalue weighted by Gasteiger charge is 2.49. The molecule has 2 atom stereocenters. The van der Waals surface area contributed by atoms with Gasteiger partial charge in [0.05, 0.1) is 6.10 Å². The summed E-state index contributed by atoms with van der Waals surface area (Å²) in [4.78, 5) is 0. The van der Waals surface area contributed by atoms with E-state index in [0.717, 1.165) is 27.6 Å². The zero-order valence-electron chi connectivity index (χ0n) is 16.5. The molecular formula is C22H41OS+. The Morgan fingerprint density at radius 3 is 1.33 bits per heavy atom. The molecule has 3 aliphatic rings. The van der Waals surface area contributed by atoms with E-state index in [1.165, 1.54) is 64.2 Å². The van der Waals surface area contributed by atoms with Crippen molar-refractivity contribution in [2.75, 3.05) is 0 Å². The summed E-state index contributed by atoms with van der Waals surface area (Å²) in [6.07, 6.45) is 14.4. The van der Waals surface area contributed by atoms with Crippen molar-refractivity contribution < 1.29 is 5.11 Å². The van der Waals surface area contributed by atoms with Crippen molar-refractivity contribution in [1.29, 1.82) is 0 Å². The average Bonchev–Trinajstić information content (AvgIpc) is 2.56. The first kappa shape index (κ1) is 19.1. The molecule has 3 saturated carbocycles. The van der Waals surface area contributed by atoms with Crippen LogP contribution in [0.2, 0.25) is 0 Å². The van der Waals surface area contributed by atoms with Gasteiger partial charge in [-0.2, -0.15) is 0 Å². The van der Waals surface area contributed by atoms with Crippen molar-refractivity contribution >= 4 is 10.9 Å². The van der Waals surface area contributed by atoms with Crippen LogP contribution in [-0.4, -0.2) is 27.0 Å². The Morgan fingerprint density at radius 1 is 0.583 bits per heavy atom. The van der Waals surface area contributed by atoms with Gasteiger partial charge in [0.2, 0.25) is 0 Å². The normalized spacial score (nSPS) is 48.9. The highest BCUT2D eigenvalue weighted by molar-refractivity contribution is 7.98. The molecule has 3 aliphatic carbocycles. The Kier molecular flexibility index (Phi) is 6.63. The highest BCUT2D eigenvalue weighted by Crippen LogP contribution is 2.44. The molecule has 0 aromatic rings. The van der Waals surface area contributed by atoms with Crippen LogP contribution in [0.15, 0.2) is 0 Å². The second kappa shape index (κ2) is 8.33. The van der Waals surface area contributed by atoms with Crippen LogP contribution in [0.3, 0.4) is 0 Å². The summed E-state index contributed by atoms with van der Waals surface area (Å²) < 4.78 is 0. The van der Waals surface area contributed by atoms with Gasteiger partial charge >= 0.3 is 0 Å². The van der Waals surface area contributed by atoms with Crippen molar-refractivity contribution in [2.24, 2.45) is 23.7 Å². The fourth-order valence-electron chi connectivity index (χ4n) is 5.81. The number of aliphatic hydroxyl groups is 1. The molecule has 1 nitrogen and oxygen atoms in total. The summed E-state index contributed by atoms with van der Waals surface area (Å²) in [5.41, 5.74) is 0. The zero-order chi connectivity index (χ0) is 17.3. The van der Waals surface area contributed by atoms with E-state index in [-0.39, 0.29) is 6.10 Å². The van der Waals surface area contributed by atoms with Crippen molar-refractivity contribution in [2.45, 2.75) is 114 Å². The van der Waals surface area contributed by atoms with Gasteiger partial charge in [-0.3, -0.25) is 0 Å². The molecule has 2 heteroatoms. The van der Waals surface area contributed by atoms with Gasteiger partial charge in [-0.05, 0) is 98.8 Å². The minimum atomic E-state index is -0.0514. The van der Waals surface area contributed by atoms with Crippen LogP contribution in [-0.2, 0) is 10.9 Å². The monoisotopic (exact) mass is 353 g/mol. The van der Waals surface area contributed by atoms with E-state index in [2.05, 4.69) is 27.7 Å². The summed E-state index contributed by atoms with van der Waals surface area (Å²) in [6, 6.07) is 0. The van der Waals surface area contributed by atoms with Crippen molar-refractivity contribution in [3.8, 4) is 0 Å². The van der Waals surface area contributed by atoms with Gasteiger partial charge in [-0.15, -0.1) is 0 Å². The molecule has 3 fully saturated rings. The van der Waals surface area contributed by atoms with E-state index in [9.17, 15) is 5.11 Å². The number of aliphatic hydroxyl groups excluding tert-OH is 1. The van der Waals surface area contributed by atoms with E-state index in [1.807, 2.05) is 0 Å². The van der Waals surface area contributed by atoms with Gasteiger partial charge in [0.25, 0.3) is 0 Å². The molecule has 0 saturated heterocycles. The Morgan fingerprint density at radius 2 is 0.958 bits per heavy atom. The lowest BCUT2D eigenvalue weighted by Crippen LogP contribution is -2.48. The van der Waals surface area contributed by atoms with Crippen LogP contribution >= 0.6 is 0 Å². The SMILES string of the molecule is CC1CCC([S+](C2CCC(C)CC2)C2CC(C)C(O)C(C)C2)CC1. The second-order valence-electron chi connectivity index (χ2n) is 9.71. The lowest BCUT2D eigenvalue weighted by Gasteiger charge is -2.42. The topological polar surface area (TPSA) is 20.2 Å². The third-order valence-electron chi connectivity index (χ3n) is 7.52. The first-order chi connectivity index (χ1) is 11.5. The van der Waals surface area contributed by atoms with Gasteiger partial charge in [0.15, 0.2) is 0 Å².